The number of imide groups is 1. The van der Waals surface area contributed by atoms with Crippen LogP contribution >= 0.6 is 11.6 Å². The third-order valence-electron chi connectivity index (χ3n) is 4.47. The number of carbonyl (C=O) groups is 3. The molecule has 2 aromatic rings. The Kier molecular flexibility index (Phi) is 5.09. The average molecular weight is 372 g/mol. The van der Waals surface area contributed by atoms with Crippen LogP contribution in [0.1, 0.15) is 56.9 Å². The number of carbonyl (C=O) groups excluding carboxylic acids is 3. The summed E-state index contributed by atoms with van der Waals surface area (Å²) in [7, 11) is 0. The molecule has 5 nitrogen and oxygen atoms in total. The van der Waals surface area contributed by atoms with E-state index in [0.717, 1.165) is 5.56 Å². The zero-order valence-corrected chi connectivity index (χ0v) is 15.2. The predicted molar refractivity (Wildman–Crippen MR) is 97.3 cm³/mol. The number of rotatable bonds is 5. The van der Waals surface area contributed by atoms with E-state index in [1.807, 2.05) is 13.8 Å². The molecule has 0 radical (unpaired) electrons. The summed E-state index contributed by atoms with van der Waals surface area (Å²) in [5, 5.41) is 0.604. The largest absolute Gasteiger partial charge is 0.457 e. The number of esters is 1. The van der Waals surface area contributed by atoms with E-state index in [4.69, 9.17) is 16.3 Å². The zero-order valence-electron chi connectivity index (χ0n) is 14.5. The van der Waals surface area contributed by atoms with E-state index in [0.29, 0.717) is 17.0 Å². The van der Waals surface area contributed by atoms with Crippen molar-refractivity contribution >= 4 is 29.4 Å². The van der Waals surface area contributed by atoms with Crippen molar-refractivity contribution in [2.24, 2.45) is 0 Å². The van der Waals surface area contributed by atoms with Crippen LogP contribution < -0.4 is 0 Å². The van der Waals surface area contributed by atoms with E-state index in [-0.39, 0.29) is 35.6 Å². The van der Waals surface area contributed by atoms with Gasteiger partial charge in [0, 0.05) is 11.1 Å². The molecule has 0 bridgehead atoms. The molecule has 3 rings (SSSR count). The molecule has 0 N–H and O–H groups in total. The van der Waals surface area contributed by atoms with Crippen LogP contribution in [-0.4, -0.2) is 28.7 Å². The molecule has 0 aromatic heterocycles. The summed E-state index contributed by atoms with van der Waals surface area (Å²) in [6, 6.07) is 11.2. The Morgan fingerprint density at radius 2 is 1.73 bits per heavy atom. The number of benzene rings is 2. The summed E-state index contributed by atoms with van der Waals surface area (Å²) < 4.78 is 5.28. The number of ether oxygens (including phenoxy) is 1. The van der Waals surface area contributed by atoms with Crippen molar-refractivity contribution in [1.29, 1.82) is 0 Å². The standard InChI is InChI=1S/C20H18ClNO4/c1-3-12(2)22-18(23)16-9-6-14(10-17(16)19(22)24)20(25)26-11-13-4-7-15(21)8-5-13/h4-10,12H,3,11H2,1-2H3/t12-/m0/s1. The van der Waals surface area contributed by atoms with Crippen molar-refractivity contribution in [2.75, 3.05) is 0 Å². The molecule has 1 heterocycles. The monoisotopic (exact) mass is 371 g/mol. The maximum absolute atomic E-state index is 12.5. The van der Waals surface area contributed by atoms with E-state index < -0.39 is 5.97 Å². The lowest BCUT2D eigenvalue weighted by atomic mass is 10.1. The van der Waals surface area contributed by atoms with Gasteiger partial charge in [0.05, 0.1) is 16.7 Å². The van der Waals surface area contributed by atoms with Crippen molar-refractivity contribution < 1.29 is 19.1 Å². The average Bonchev–Trinajstić information content (AvgIpc) is 2.90. The first kappa shape index (κ1) is 18.1. The van der Waals surface area contributed by atoms with Gasteiger partial charge in [-0.15, -0.1) is 0 Å². The highest BCUT2D eigenvalue weighted by Gasteiger charge is 2.38. The zero-order chi connectivity index (χ0) is 18.8. The Hall–Kier alpha value is -2.66. The van der Waals surface area contributed by atoms with Crippen LogP contribution in [0.4, 0.5) is 0 Å². The normalized spacial score (nSPS) is 14.3. The molecule has 2 amide bonds. The van der Waals surface area contributed by atoms with Gasteiger partial charge in [0.1, 0.15) is 6.61 Å². The fourth-order valence-corrected chi connectivity index (χ4v) is 2.91. The first-order valence-electron chi connectivity index (χ1n) is 8.36. The van der Waals surface area contributed by atoms with E-state index in [1.165, 1.54) is 23.1 Å². The van der Waals surface area contributed by atoms with E-state index >= 15 is 0 Å². The summed E-state index contributed by atoms with van der Waals surface area (Å²) in [4.78, 5) is 38.5. The number of amides is 2. The van der Waals surface area contributed by atoms with E-state index in [2.05, 4.69) is 0 Å². The second-order valence-electron chi connectivity index (χ2n) is 6.20. The fourth-order valence-electron chi connectivity index (χ4n) is 2.78. The van der Waals surface area contributed by atoms with E-state index in [1.54, 1.807) is 24.3 Å². The van der Waals surface area contributed by atoms with Crippen molar-refractivity contribution in [3.63, 3.8) is 0 Å². The number of fused-ring (bicyclic) bond motifs is 1. The van der Waals surface area contributed by atoms with Gasteiger partial charge in [-0.3, -0.25) is 14.5 Å². The highest BCUT2D eigenvalue weighted by molar-refractivity contribution is 6.30. The van der Waals surface area contributed by atoms with Gasteiger partial charge >= 0.3 is 5.97 Å². The molecule has 0 unspecified atom stereocenters. The maximum Gasteiger partial charge on any atom is 0.338 e. The van der Waals surface area contributed by atoms with Crippen LogP contribution in [0.5, 0.6) is 0 Å². The molecule has 0 saturated carbocycles. The number of hydrogen-bond acceptors (Lipinski definition) is 4. The molecular weight excluding hydrogens is 354 g/mol. The lowest BCUT2D eigenvalue weighted by Crippen LogP contribution is -2.37. The van der Waals surface area contributed by atoms with Crippen LogP contribution in [-0.2, 0) is 11.3 Å². The van der Waals surface area contributed by atoms with Gasteiger partial charge in [-0.2, -0.15) is 0 Å². The quantitative estimate of drug-likeness (QED) is 0.586. The molecule has 134 valence electrons. The minimum Gasteiger partial charge on any atom is -0.457 e. The maximum atomic E-state index is 12.5. The molecule has 0 fully saturated rings. The Morgan fingerprint density at radius 3 is 2.38 bits per heavy atom. The molecule has 26 heavy (non-hydrogen) atoms. The van der Waals surface area contributed by atoms with Gasteiger partial charge in [0.15, 0.2) is 0 Å². The number of halogens is 1. The second kappa shape index (κ2) is 7.30. The Balaban J connectivity index is 1.76. The Morgan fingerprint density at radius 1 is 1.08 bits per heavy atom. The predicted octanol–water partition coefficient (Wildman–Crippen LogP) is 4.09. The fraction of sp³-hybridized carbons (Fsp3) is 0.250. The topological polar surface area (TPSA) is 63.7 Å². The highest BCUT2D eigenvalue weighted by Crippen LogP contribution is 2.27. The summed E-state index contributed by atoms with van der Waals surface area (Å²) >= 11 is 5.82. The third kappa shape index (κ3) is 3.35. The van der Waals surface area contributed by atoms with Crippen LogP contribution in [0.2, 0.25) is 5.02 Å². The first-order valence-corrected chi connectivity index (χ1v) is 8.73. The lowest BCUT2D eigenvalue weighted by molar-refractivity contribution is 0.0472. The molecular formula is C20H18ClNO4. The lowest BCUT2D eigenvalue weighted by Gasteiger charge is -2.20. The summed E-state index contributed by atoms with van der Waals surface area (Å²) in [6.07, 6.45) is 0.668. The Bertz CT molecular complexity index is 876. The number of nitrogens with zero attached hydrogens (tertiary/aromatic N) is 1. The molecule has 1 atom stereocenters. The van der Waals surface area contributed by atoms with Gasteiger partial charge < -0.3 is 4.74 Å². The SMILES string of the molecule is CC[C@H](C)N1C(=O)c2ccc(C(=O)OCc3ccc(Cl)cc3)cc2C1=O. The smallest absolute Gasteiger partial charge is 0.338 e. The van der Waals surface area contributed by atoms with Crippen LogP contribution in [0.3, 0.4) is 0 Å². The van der Waals surface area contributed by atoms with Gasteiger partial charge in [-0.25, -0.2) is 4.79 Å². The van der Waals surface area contributed by atoms with Gasteiger partial charge in [-0.05, 0) is 49.2 Å². The molecule has 6 heteroatoms. The van der Waals surface area contributed by atoms with Crippen molar-refractivity contribution in [1.82, 2.24) is 4.90 Å². The molecule has 0 spiro atoms. The third-order valence-corrected chi connectivity index (χ3v) is 4.72. The summed E-state index contributed by atoms with van der Waals surface area (Å²) in [5.74, 6) is -1.24. The molecule has 0 saturated heterocycles. The minimum atomic E-state index is -0.551. The molecule has 2 aromatic carbocycles. The van der Waals surface area contributed by atoms with Gasteiger partial charge in [0.25, 0.3) is 11.8 Å². The summed E-state index contributed by atoms with van der Waals surface area (Å²) in [6.45, 7) is 3.83. The molecule has 1 aliphatic rings. The van der Waals surface area contributed by atoms with Crippen LogP contribution in [0, 0.1) is 0 Å². The van der Waals surface area contributed by atoms with Gasteiger partial charge in [0.2, 0.25) is 0 Å². The van der Waals surface area contributed by atoms with Crippen LogP contribution in [0.25, 0.3) is 0 Å². The van der Waals surface area contributed by atoms with Gasteiger partial charge in [-0.1, -0.05) is 30.7 Å². The first-order chi connectivity index (χ1) is 12.4. The van der Waals surface area contributed by atoms with Crippen molar-refractivity contribution in [3.05, 3.63) is 69.7 Å². The molecule has 1 aliphatic heterocycles. The summed E-state index contributed by atoms with van der Waals surface area (Å²) in [5.41, 5.74) is 1.61. The van der Waals surface area contributed by atoms with E-state index in [9.17, 15) is 14.4 Å². The second-order valence-corrected chi connectivity index (χ2v) is 6.64. The van der Waals surface area contributed by atoms with Crippen LogP contribution in [0.15, 0.2) is 42.5 Å². The number of hydrogen-bond donors (Lipinski definition) is 0. The Labute approximate surface area is 156 Å². The molecule has 0 aliphatic carbocycles. The van der Waals surface area contributed by atoms with Crippen molar-refractivity contribution in [3.8, 4) is 0 Å². The minimum absolute atomic E-state index is 0.0962. The highest BCUT2D eigenvalue weighted by atomic mass is 35.5. The van der Waals surface area contributed by atoms with Crippen molar-refractivity contribution in [2.45, 2.75) is 32.9 Å².